The summed E-state index contributed by atoms with van der Waals surface area (Å²) in [4.78, 5) is 6.66. The maximum atomic E-state index is 15.3. The summed E-state index contributed by atoms with van der Waals surface area (Å²) in [6.45, 7) is 7.94. The molecule has 2 aromatic heterocycles. The third kappa shape index (κ3) is 4.22. The van der Waals surface area contributed by atoms with Crippen LogP contribution in [0.5, 0.6) is 0 Å². The van der Waals surface area contributed by atoms with Crippen LogP contribution in [0, 0.1) is 19.7 Å². The third-order valence-corrected chi connectivity index (χ3v) is 6.85. The second-order valence-corrected chi connectivity index (χ2v) is 9.18. The topological polar surface area (TPSA) is 63.4 Å². The third-order valence-electron chi connectivity index (χ3n) is 6.85. The highest BCUT2D eigenvalue weighted by atomic mass is 19.1. The quantitative estimate of drug-likeness (QED) is 0.610. The number of alkyl halides is 1. The molecule has 33 heavy (non-hydrogen) atoms. The van der Waals surface area contributed by atoms with Crippen LogP contribution in [-0.4, -0.2) is 54.7 Å². The molecule has 1 aromatic carbocycles. The number of ether oxygens (including phenoxy) is 1. The maximum absolute atomic E-state index is 15.3. The van der Waals surface area contributed by atoms with Gasteiger partial charge < -0.3 is 19.5 Å². The Hall–Kier alpha value is -2.58. The maximum Gasteiger partial charge on any atom is 0.171 e. The molecule has 0 aliphatic carbocycles. The predicted octanol–water partition coefficient (Wildman–Crippen LogP) is 4.50. The summed E-state index contributed by atoms with van der Waals surface area (Å²) in [6.07, 6.45) is 1.18. The first-order valence-corrected chi connectivity index (χ1v) is 11.7. The fraction of sp³-hybridized carbons (Fsp3) is 0.520. The molecule has 0 unspecified atom stereocenters. The molecular formula is C25H30F2N4O2. The van der Waals surface area contributed by atoms with E-state index >= 15 is 8.78 Å². The van der Waals surface area contributed by atoms with Crippen molar-refractivity contribution in [3.05, 3.63) is 40.8 Å². The molecule has 3 aromatic rings. The van der Waals surface area contributed by atoms with E-state index in [0.717, 1.165) is 47.2 Å². The number of anilines is 1. The van der Waals surface area contributed by atoms with Gasteiger partial charge in [0.1, 0.15) is 23.3 Å². The van der Waals surface area contributed by atoms with Crippen molar-refractivity contribution in [1.82, 2.24) is 15.5 Å². The number of aryl methyl sites for hydroxylation is 3. The fourth-order valence-corrected chi connectivity index (χ4v) is 4.98. The highest BCUT2D eigenvalue weighted by Crippen LogP contribution is 2.39. The smallest absolute Gasteiger partial charge is 0.171 e. The molecule has 0 spiro atoms. The highest BCUT2D eigenvalue weighted by Gasteiger charge is 2.34. The number of hydrogen-bond acceptors (Lipinski definition) is 6. The van der Waals surface area contributed by atoms with Crippen LogP contribution < -0.4 is 10.2 Å². The van der Waals surface area contributed by atoms with Crippen molar-refractivity contribution in [3.63, 3.8) is 0 Å². The van der Waals surface area contributed by atoms with Crippen LogP contribution in [0.1, 0.15) is 36.6 Å². The molecule has 2 saturated heterocycles. The van der Waals surface area contributed by atoms with Gasteiger partial charge in [-0.15, -0.1) is 0 Å². The zero-order chi connectivity index (χ0) is 23.1. The first-order valence-electron chi connectivity index (χ1n) is 11.7. The second kappa shape index (κ2) is 8.99. The van der Waals surface area contributed by atoms with E-state index in [1.165, 1.54) is 6.07 Å². The van der Waals surface area contributed by atoms with Crippen molar-refractivity contribution in [2.75, 3.05) is 31.2 Å². The lowest BCUT2D eigenvalue weighted by Gasteiger charge is -2.37. The van der Waals surface area contributed by atoms with Crippen LogP contribution in [0.4, 0.5) is 14.6 Å². The van der Waals surface area contributed by atoms with Crippen LogP contribution in [0.25, 0.3) is 22.2 Å². The summed E-state index contributed by atoms with van der Waals surface area (Å²) < 4.78 is 41.4. The number of fused-ring (bicyclic) bond motifs is 1. The molecule has 0 radical (unpaired) electrons. The van der Waals surface area contributed by atoms with Crippen LogP contribution in [0.2, 0.25) is 0 Å². The Morgan fingerprint density at radius 1 is 1.21 bits per heavy atom. The molecule has 6 nitrogen and oxygen atoms in total. The first-order chi connectivity index (χ1) is 15.9. The van der Waals surface area contributed by atoms with Crippen LogP contribution in [0.15, 0.2) is 22.7 Å². The van der Waals surface area contributed by atoms with Crippen LogP contribution in [0.3, 0.4) is 0 Å². The lowest BCUT2D eigenvalue weighted by Crippen LogP contribution is -2.54. The van der Waals surface area contributed by atoms with Gasteiger partial charge in [-0.2, -0.15) is 0 Å². The molecule has 8 heteroatoms. The number of benzene rings is 1. The van der Waals surface area contributed by atoms with E-state index < -0.39 is 6.17 Å². The summed E-state index contributed by atoms with van der Waals surface area (Å²) in [5.74, 6) is 0.753. The molecule has 2 aliphatic rings. The van der Waals surface area contributed by atoms with E-state index in [9.17, 15) is 0 Å². The molecule has 176 valence electrons. The van der Waals surface area contributed by atoms with E-state index in [-0.39, 0.29) is 24.4 Å². The Morgan fingerprint density at radius 2 is 2.06 bits per heavy atom. The number of nitrogens with zero attached hydrogens (tertiary/aromatic N) is 3. The van der Waals surface area contributed by atoms with Gasteiger partial charge >= 0.3 is 0 Å². The Morgan fingerprint density at radius 3 is 2.73 bits per heavy atom. The van der Waals surface area contributed by atoms with Crippen molar-refractivity contribution in [1.29, 1.82) is 0 Å². The number of halogens is 2. The molecule has 5 rings (SSSR count). The van der Waals surface area contributed by atoms with Gasteiger partial charge in [-0.3, -0.25) is 0 Å². The van der Waals surface area contributed by atoms with Gasteiger partial charge in [-0.1, -0.05) is 12.1 Å². The molecule has 0 bridgehead atoms. The van der Waals surface area contributed by atoms with E-state index in [1.54, 1.807) is 0 Å². The number of pyridine rings is 1. The minimum atomic E-state index is -1.08. The summed E-state index contributed by atoms with van der Waals surface area (Å²) in [5, 5.41) is 8.21. The van der Waals surface area contributed by atoms with Gasteiger partial charge in [0.25, 0.3) is 0 Å². The Bertz CT molecular complexity index is 1160. The zero-order valence-corrected chi connectivity index (χ0v) is 19.3. The van der Waals surface area contributed by atoms with Gasteiger partial charge in [-0.05, 0) is 56.4 Å². The number of hydrogen-bond donors (Lipinski definition) is 1. The predicted molar refractivity (Wildman–Crippen MR) is 124 cm³/mol. The van der Waals surface area contributed by atoms with Crippen LogP contribution >= 0.6 is 0 Å². The van der Waals surface area contributed by atoms with Crippen molar-refractivity contribution >= 4 is 16.7 Å². The Balaban J connectivity index is 1.55. The van der Waals surface area contributed by atoms with E-state index in [0.29, 0.717) is 36.7 Å². The summed E-state index contributed by atoms with van der Waals surface area (Å²) >= 11 is 0. The van der Waals surface area contributed by atoms with Crippen molar-refractivity contribution in [2.45, 2.75) is 58.3 Å². The molecule has 1 N–H and O–H groups in total. The molecule has 2 fully saturated rings. The van der Waals surface area contributed by atoms with Crippen molar-refractivity contribution in [2.24, 2.45) is 0 Å². The molecule has 4 heterocycles. The number of rotatable bonds is 5. The first kappa shape index (κ1) is 22.2. The number of nitrogens with one attached hydrogen (secondary N) is 1. The minimum absolute atomic E-state index is 0.179. The Kier molecular flexibility index (Phi) is 6.05. The fourth-order valence-electron chi connectivity index (χ4n) is 4.98. The monoisotopic (exact) mass is 456 g/mol. The van der Waals surface area contributed by atoms with Crippen LogP contribution in [-0.2, 0) is 11.2 Å². The SMILES string of the molecule is CCc1cc(F)c2nc(N3CC[C@H](N[C@@H]4CCOC4)[C@@H](F)C3)c(-c3cc(C)no3)c(C)c2c1. The molecule has 0 amide bonds. The molecule has 0 saturated carbocycles. The zero-order valence-electron chi connectivity index (χ0n) is 19.3. The second-order valence-electron chi connectivity index (χ2n) is 9.18. The lowest BCUT2D eigenvalue weighted by atomic mass is 9.96. The number of piperidine rings is 1. The van der Waals surface area contributed by atoms with Crippen molar-refractivity contribution in [3.8, 4) is 11.3 Å². The highest BCUT2D eigenvalue weighted by molar-refractivity contribution is 5.93. The van der Waals surface area contributed by atoms with E-state index in [4.69, 9.17) is 14.2 Å². The standard InChI is InChI=1S/C25H30F2N4O2/c1-4-16-10-18-15(3)23(22-9-14(2)30-33-22)25(29-24(18)19(26)11-16)31-7-5-21(20(27)12-31)28-17-6-8-32-13-17/h9-11,17,20-21,28H,4-8,12-13H2,1-3H3/t17-,20+,21+/m1/s1. The average Bonchev–Trinajstić information content (AvgIpc) is 3.47. The Labute approximate surface area is 192 Å². The van der Waals surface area contributed by atoms with Gasteiger partial charge in [0.15, 0.2) is 5.76 Å². The molecular weight excluding hydrogens is 426 g/mol. The number of aromatic nitrogens is 2. The largest absolute Gasteiger partial charge is 0.380 e. The van der Waals surface area contributed by atoms with Gasteiger partial charge in [0.2, 0.25) is 0 Å². The lowest BCUT2D eigenvalue weighted by molar-refractivity contribution is 0.172. The normalized spacial score (nSPS) is 23.5. The summed E-state index contributed by atoms with van der Waals surface area (Å²) in [7, 11) is 0. The van der Waals surface area contributed by atoms with Gasteiger partial charge in [0.05, 0.1) is 24.4 Å². The summed E-state index contributed by atoms with van der Waals surface area (Å²) in [5.41, 5.74) is 3.56. The van der Waals surface area contributed by atoms with E-state index in [2.05, 4.69) is 10.5 Å². The van der Waals surface area contributed by atoms with Gasteiger partial charge in [-0.25, -0.2) is 13.8 Å². The molecule has 3 atom stereocenters. The van der Waals surface area contributed by atoms with E-state index in [1.807, 2.05) is 37.8 Å². The molecule has 2 aliphatic heterocycles. The van der Waals surface area contributed by atoms with Crippen molar-refractivity contribution < 1.29 is 18.0 Å². The minimum Gasteiger partial charge on any atom is -0.380 e. The van der Waals surface area contributed by atoms with Gasteiger partial charge in [0, 0.05) is 36.7 Å². The summed E-state index contributed by atoms with van der Waals surface area (Å²) in [6, 6.07) is 5.34. The average molecular weight is 457 g/mol.